The standard InChI is InChI=1S/C12H15F3N2O3/c1-3-19-11(18)5-8-4-10(20-12(13,14)15)9(6-16)17-7(8)2/h4H,3,5-6,16H2,1-2H3. The fraction of sp³-hybridized carbons (Fsp3) is 0.500. The van der Waals surface area contributed by atoms with E-state index in [4.69, 9.17) is 10.5 Å². The van der Waals surface area contributed by atoms with Crippen molar-refractivity contribution in [3.63, 3.8) is 0 Å². The highest BCUT2D eigenvalue weighted by atomic mass is 19.4. The van der Waals surface area contributed by atoms with Gasteiger partial charge in [0.1, 0.15) is 0 Å². The van der Waals surface area contributed by atoms with Gasteiger partial charge < -0.3 is 15.2 Å². The van der Waals surface area contributed by atoms with E-state index in [0.29, 0.717) is 11.3 Å². The Morgan fingerprint density at radius 2 is 2.10 bits per heavy atom. The summed E-state index contributed by atoms with van der Waals surface area (Å²) in [5.74, 6) is -1.04. The number of pyridine rings is 1. The first-order valence-corrected chi connectivity index (χ1v) is 5.87. The Hall–Kier alpha value is -1.83. The van der Waals surface area contributed by atoms with Crippen molar-refractivity contribution in [1.29, 1.82) is 0 Å². The van der Waals surface area contributed by atoms with E-state index in [-0.39, 0.29) is 25.3 Å². The summed E-state index contributed by atoms with van der Waals surface area (Å²) in [6, 6.07) is 1.12. The minimum absolute atomic E-state index is 0.0209. The number of nitrogens with two attached hydrogens (primary N) is 1. The summed E-state index contributed by atoms with van der Waals surface area (Å²) >= 11 is 0. The number of rotatable bonds is 5. The number of ether oxygens (including phenoxy) is 2. The lowest BCUT2D eigenvalue weighted by molar-refractivity contribution is -0.275. The second-order valence-corrected chi connectivity index (χ2v) is 3.91. The second-order valence-electron chi connectivity index (χ2n) is 3.91. The van der Waals surface area contributed by atoms with E-state index in [2.05, 4.69) is 9.72 Å². The van der Waals surface area contributed by atoms with Crippen molar-refractivity contribution >= 4 is 5.97 Å². The van der Waals surface area contributed by atoms with Gasteiger partial charge in [-0.15, -0.1) is 13.2 Å². The number of hydrogen-bond donors (Lipinski definition) is 1. The van der Waals surface area contributed by atoms with Crippen molar-refractivity contribution in [2.75, 3.05) is 6.61 Å². The molecule has 8 heteroatoms. The summed E-state index contributed by atoms with van der Waals surface area (Å²) < 4.78 is 45.5. The van der Waals surface area contributed by atoms with Gasteiger partial charge in [0.25, 0.3) is 0 Å². The van der Waals surface area contributed by atoms with Crippen LogP contribution < -0.4 is 10.5 Å². The number of aryl methyl sites for hydroxylation is 1. The first-order valence-electron chi connectivity index (χ1n) is 5.87. The predicted molar refractivity (Wildman–Crippen MR) is 63.9 cm³/mol. The lowest BCUT2D eigenvalue weighted by Crippen LogP contribution is -2.20. The molecule has 0 saturated carbocycles. The van der Waals surface area contributed by atoms with Gasteiger partial charge in [-0.05, 0) is 25.5 Å². The van der Waals surface area contributed by atoms with Crippen LogP contribution in [0.4, 0.5) is 13.2 Å². The number of carbonyl (C=O) groups excluding carboxylic acids is 1. The SMILES string of the molecule is CCOC(=O)Cc1cc(OC(F)(F)F)c(CN)nc1C. The van der Waals surface area contributed by atoms with Crippen molar-refractivity contribution < 1.29 is 27.4 Å². The van der Waals surface area contributed by atoms with Gasteiger partial charge in [0.05, 0.1) is 18.7 Å². The lowest BCUT2D eigenvalue weighted by atomic mass is 10.1. The molecule has 0 amide bonds. The quantitative estimate of drug-likeness (QED) is 0.838. The van der Waals surface area contributed by atoms with Gasteiger partial charge >= 0.3 is 12.3 Å². The number of aromatic nitrogens is 1. The fourth-order valence-electron chi connectivity index (χ4n) is 1.58. The van der Waals surface area contributed by atoms with E-state index in [0.717, 1.165) is 6.07 Å². The summed E-state index contributed by atoms with van der Waals surface area (Å²) in [5, 5.41) is 0. The molecule has 0 saturated heterocycles. The van der Waals surface area contributed by atoms with Crippen LogP contribution in [0.15, 0.2) is 6.07 Å². The van der Waals surface area contributed by atoms with Crippen LogP contribution in [0.1, 0.15) is 23.9 Å². The molecule has 0 atom stereocenters. The average Bonchev–Trinajstić information content (AvgIpc) is 2.31. The van der Waals surface area contributed by atoms with Gasteiger partial charge in [-0.2, -0.15) is 0 Å². The first kappa shape index (κ1) is 16.2. The predicted octanol–water partition coefficient (Wildman–Crippen LogP) is 1.85. The molecule has 5 nitrogen and oxygen atoms in total. The minimum atomic E-state index is -4.85. The van der Waals surface area contributed by atoms with Gasteiger partial charge in [-0.3, -0.25) is 9.78 Å². The monoisotopic (exact) mass is 292 g/mol. The third-order valence-corrected chi connectivity index (χ3v) is 2.42. The number of nitrogens with zero attached hydrogens (tertiary/aromatic N) is 1. The van der Waals surface area contributed by atoms with E-state index in [1.807, 2.05) is 0 Å². The minimum Gasteiger partial charge on any atom is -0.466 e. The molecule has 0 spiro atoms. The third-order valence-electron chi connectivity index (χ3n) is 2.42. The van der Waals surface area contributed by atoms with Gasteiger partial charge in [-0.25, -0.2) is 0 Å². The Bertz CT molecular complexity index is 490. The molecular formula is C12H15F3N2O3. The maximum absolute atomic E-state index is 12.3. The molecule has 20 heavy (non-hydrogen) atoms. The van der Waals surface area contributed by atoms with Gasteiger partial charge in [-0.1, -0.05) is 0 Å². The van der Waals surface area contributed by atoms with Crippen LogP contribution in [0.5, 0.6) is 5.75 Å². The molecule has 0 bridgehead atoms. The van der Waals surface area contributed by atoms with Crippen LogP contribution in [-0.4, -0.2) is 23.9 Å². The molecule has 1 aromatic rings. The van der Waals surface area contributed by atoms with E-state index in [1.54, 1.807) is 13.8 Å². The molecule has 0 fully saturated rings. The van der Waals surface area contributed by atoms with Crippen molar-refractivity contribution in [1.82, 2.24) is 4.98 Å². The van der Waals surface area contributed by atoms with Crippen molar-refractivity contribution in [3.8, 4) is 5.75 Å². The van der Waals surface area contributed by atoms with Gasteiger partial charge in [0.15, 0.2) is 5.75 Å². The van der Waals surface area contributed by atoms with Crippen LogP contribution in [0.2, 0.25) is 0 Å². The second kappa shape index (κ2) is 6.56. The number of alkyl halides is 3. The summed E-state index contributed by atoms with van der Waals surface area (Å²) in [5.41, 5.74) is 6.03. The maximum atomic E-state index is 12.3. The Morgan fingerprint density at radius 1 is 1.45 bits per heavy atom. The zero-order valence-corrected chi connectivity index (χ0v) is 11.1. The summed E-state index contributed by atoms with van der Waals surface area (Å²) in [4.78, 5) is 15.3. The molecule has 1 heterocycles. The van der Waals surface area contributed by atoms with Crippen LogP contribution in [0.25, 0.3) is 0 Å². The summed E-state index contributed by atoms with van der Waals surface area (Å²) in [6.45, 7) is 3.20. The van der Waals surface area contributed by atoms with Crippen LogP contribution in [-0.2, 0) is 22.5 Å². The number of halogens is 3. The molecule has 0 radical (unpaired) electrons. The smallest absolute Gasteiger partial charge is 0.466 e. The summed E-state index contributed by atoms with van der Waals surface area (Å²) in [7, 11) is 0. The van der Waals surface area contributed by atoms with Crippen molar-refractivity contribution in [2.45, 2.75) is 33.2 Å². The van der Waals surface area contributed by atoms with Gasteiger partial charge in [0.2, 0.25) is 0 Å². The highest BCUT2D eigenvalue weighted by Crippen LogP contribution is 2.27. The Morgan fingerprint density at radius 3 is 2.60 bits per heavy atom. The number of esters is 1. The maximum Gasteiger partial charge on any atom is 0.573 e. The van der Waals surface area contributed by atoms with E-state index >= 15 is 0 Å². The molecule has 112 valence electrons. The highest BCUT2D eigenvalue weighted by molar-refractivity contribution is 5.73. The largest absolute Gasteiger partial charge is 0.573 e. The van der Waals surface area contributed by atoms with Gasteiger partial charge in [0, 0.05) is 12.2 Å². The number of carbonyl (C=O) groups is 1. The zero-order valence-electron chi connectivity index (χ0n) is 11.1. The van der Waals surface area contributed by atoms with E-state index in [1.165, 1.54) is 0 Å². The third kappa shape index (κ3) is 4.69. The molecule has 0 aliphatic heterocycles. The highest BCUT2D eigenvalue weighted by Gasteiger charge is 2.32. The zero-order chi connectivity index (χ0) is 15.3. The molecule has 0 aromatic carbocycles. The average molecular weight is 292 g/mol. The van der Waals surface area contributed by atoms with Crippen LogP contribution in [0, 0.1) is 6.92 Å². The summed E-state index contributed by atoms with van der Waals surface area (Å²) in [6.07, 6.45) is -5.02. The number of hydrogen-bond acceptors (Lipinski definition) is 5. The lowest BCUT2D eigenvalue weighted by Gasteiger charge is -2.14. The van der Waals surface area contributed by atoms with Crippen molar-refractivity contribution in [3.05, 3.63) is 23.0 Å². The molecule has 1 rings (SSSR count). The normalized spacial score (nSPS) is 11.3. The van der Waals surface area contributed by atoms with Crippen LogP contribution >= 0.6 is 0 Å². The molecular weight excluding hydrogens is 277 g/mol. The first-order chi connectivity index (χ1) is 9.26. The Balaban J connectivity index is 3.07. The molecule has 0 aliphatic rings. The Kier molecular flexibility index (Phi) is 5.32. The van der Waals surface area contributed by atoms with E-state index < -0.39 is 18.1 Å². The van der Waals surface area contributed by atoms with Crippen LogP contribution in [0.3, 0.4) is 0 Å². The molecule has 1 aromatic heterocycles. The van der Waals surface area contributed by atoms with Crippen molar-refractivity contribution in [2.24, 2.45) is 5.73 Å². The fourth-order valence-corrected chi connectivity index (χ4v) is 1.58. The topological polar surface area (TPSA) is 74.4 Å². The molecule has 0 aliphatic carbocycles. The Labute approximate surface area is 113 Å². The molecule has 0 unspecified atom stereocenters. The molecule has 2 N–H and O–H groups in total. The van der Waals surface area contributed by atoms with E-state index in [9.17, 15) is 18.0 Å².